The first kappa shape index (κ1) is 9.41. The number of nitrogens with zero attached hydrogens (tertiary/aromatic N) is 1. The number of rotatable bonds is 3. The highest BCUT2D eigenvalue weighted by molar-refractivity contribution is 5.69. The molecule has 70 valence electrons. The summed E-state index contributed by atoms with van der Waals surface area (Å²) < 4.78 is 17.8. The Morgan fingerprint density at radius 3 is 2.83 bits per heavy atom. The first-order chi connectivity index (χ1) is 5.61. The van der Waals surface area contributed by atoms with E-state index in [4.69, 9.17) is 9.84 Å². The van der Waals surface area contributed by atoms with Crippen molar-refractivity contribution in [2.75, 3.05) is 26.8 Å². The van der Waals surface area contributed by atoms with Crippen LogP contribution in [0.5, 0.6) is 0 Å². The largest absolute Gasteiger partial charge is 0.480 e. The van der Waals surface area contributed by atoms with Gasteiger partial charge in [-0.2, -0.15) is 0 Å². The van der Waals surface area contributed by atoms with Crippen LogP contribution in [-0.2, 0) is 9.53 Å². The zero-order valence-corrected chi connectivity index (χ0v) is 6.86. The first-order valence-electron chi connectivity index (χ1n) is 3.75. The summed E-state index contributed by atoms with van der Waals surface area (Å²) in [5.74, 6) is -0.948. The van der Waals surface area contributed by atoms with Crippen molar-refractivity contribution in [2.24, 2.45) is 0 Å². The van der Waals surface area contributed by atoms with Gasteiger partial charge in [0.25, 0.3) is 0 Å². The monoisotopic (exact) mass is 177 g/mol. The van der Waals surface area contributed by atoms with Crippen molar-refractivity contribution >= 4 is 5.97 Å². The second-order valence-corrected chi connectivity index (χ2v) is 2.93. The third kappa shape index (κ3) is 2.15. The fourth-order valence-corrected chi connectivity index (χ4v) is 1.25. The lowest BCUT2D eigenvalue weighted by atomic mass is 10.2. The van der Waals surface area contributed by atoms with E-state index >= 15 is 0 Å². The van der Waals surface area contributed by atoms with Crippen LogP contribution in [0.25, 0.3) is 0 Å². The minimum atomic E-state index is -1.06. The molecule has 1 fully saturated rings. The van der Waals surface area contributed by atoms with E-state index in [1.54, 1.807) is 7.05 Å². The molecule has 1 heterocycles. The number of likely N-dealkylation sites (N-methyl/N-ethyl adjacent to an activating group) is 1. The summed E-state index contributed by atoms with van der Waals surface area (Å²) in [4.78, 5) is 11.7. The third-order valence-electron chi connectivity index (χ3n) is 1.93. The van der Waals surface area contributed by atoms with Gasteiger partial charge in [0.1, 0.15) is 6.17 Å². The fourth-order valence-electron chi connectivity index (χ4n) is 1.25. The van der Waals surface area contributed by atoms with Crippen LogP contribution < -0.4 is 0 Å². The van der Waals surface area contributed by atoms with Gasteiger partial charge in [0.05, 0.1) is 25.8 Å². The molecule has 0 aromatic carbocycles. The van der Waals surface area contributed by atoms with E-state index in [-0.39, 0.29) is 19.8 Å². The van der Waals surface area contributed by atoms with Crippen molar-refractivity contribution in [2.45, 2.75) is 12.2 Å². The third-order valence-corrected chi connectivity index (χ3v) is 1.93. The zero-order chi connectivity index (χ0) is 9.14. The Morgan fingerprint density at radius 2 is 2.42 bits per heavy atom. The number of hydrogen-bond donors (Lipinski definition) is 1. The number of hydrogen-bond acceptors (Lipinski definition) is 3. The predicted molar refractivity (Wildman–Crippen MR) is 39.8 cm³/mol. The minimum Gasteiger partial charge on any atom is -0.480 e. The zero-order valence-electron chi connectivity index (χ0n) is 6.86. The molecule has 0 aromatic heterocycles. The average Bonchev–Trinajstić information content (AvgIpc) is 2.33. The first-order valence-corrected chi connectivity index (χ1v) is 3.75. The molecule has 12 heavy (non-hydrogen) atoms. The molecule has 1 aliphatic rings. The van der Waals surface area contributed by atoms with Gasteiger partial charge in [-0.15, -0.1) is 0 Å². The van der Waals surface area contributed by atoms with Crippen LogP contribution in [0.1, 0.15) is 0 Å². The molecule has 0 spiro atoms. The molecule has 0 radical (unpaired) electrons. The molecule has 1 N–H and O–H groups in total. The number of ether oxygens (including phenoxy) is 1. The van der Waals surface area contributed by atoms with Gasteiger partial charge < -0.3 is 9.84 Å². The van der Waals surface area contributed by atoms with Crippen molar-refractivity contribution in [1.82, 2.24) is 4.90 Å². The lowest BCUT2D eigenvalue weighted by Crippen LogP contribution is -2.41. The molecule has 0 aromatic rings. The van der Waals surface area contributed by atoms with Crippen LogP contribution in [-0.4, -0.2) is 55.0 Å². The lowest BCUT2D eigenvalue weighted by Gasteiger charge is -2.21. The topological polar surface area (TPSA) is 49.8 Å². The average molecular weight is 177 g/mol. The normalized spacial score (nSPS) is 29.6. The highest BCUT2D eigenvalue weighted by Crippen LogP contribution is 2.14. The molecule has 2 atom stereocenters. The molecule has 5 heteroatoms. The Hall–Kier alpha value is -0.680. The van der Waals surface area contributed by atoms with E-state index in [0.29, 0.717) is 0 Å². The van der Waals surface area contributed by atoms with Gasteiger partial charge in [0, 0.05) is 0 Å². The van der Waals surface area contributed by atoms with Crippen molar-refractivity contribution in [1.29, 1.82) is 0 Å². The van der Waals surface area contributed by atoms with Crippen LogP contribution >= 0.6 is 0 Å². The maximum Gasteiger partial charge on any atom is 0.317 e. The number of halogens is 1. The van der Waals surface area contributed by atoms with Gasteiger partial charge >= 0.3 is 5.97 Å². The van der Waals surface area contributed by atoms with E-state index < -0.39 is 18.2 Å². The summed E-state index contributed by atoms with van der Waals surface area (Å²) in [5, 5.41) is 8.43. The lowest BCUT2D eigenvalue weighted by molar-refractivity contribution is -0.138. The maximum atomic E-state index is 12.9. The Balaban J connectivity index is 2.40. The summed E-state index contributed by atoms with van der Waals surface area (Å²) in [6.07, 6.45) is -1.06. The number of carboxylic acid groups (broad SMARTS) is 1. The Bertz CT molecular complexity index is 176. The van der Waals surface area contributed by atoms with Crippen molar-refractivity contribution < 1.29 is 19.0 Å². The van der Waals surface area contributed by atoms with E-state index in [1.165, 1.54) is 4.90 Å². The molecule has 1 rings (SSSR count). The van der Waals surface area contributed by atoms with Crippen LogP contribution in [0, 0.1) is 0 Å². The molecule has 0 saturated carbocycles. The van der Waals surface area contributed by atoms with Crippen molar-refractivity contribution in [3.05, 3.63) is 0 Å². The van der Waals surface area contributed by atoms with E-state index in [2.05, 4.69) is 0 Å². The second kappa shape index (κ2) is 3.82. The van der Waals surface area contributed by atoms with E-state index in [9.17, 15) is 9.18 Å². The number of carbonyl (C=O) groups is 1. The van der Waals surface area contributed by atoms with Crippen LogP contribution in [0.2, 0.25) is 0 Å². The van der Waals surface area contributed by atoms with Gasteiger partial charge in [-0.1, -0.05) is 0 Å². The van der Waals surface area contributed by atoms with Gasteiger partial charge in [-0.25, -0.2) is 4.39 Å². The molecular weight excluding hydrogens is 165 g/mol. The summed E-state index contributed by atoms with van der Waals surface area (Å²) in [6, 6.07) is -0.402. The molecule has 0 unspecified atom stereocenters. The molecule has 0 aliphatic carbocycles. The van der Waals surface area contributed by atoms with Crippen LogP contribution in [0.3, 0.4) is 0 Å². The number of carboxylic acids is 1. The summed E-state index contributed by atoms with van der Waals surface area (Å²) in [7, 11) is 1.58. The number of aliphatic carboxylic acids is 1. The molecular formula is C7H12FNO3. The van der Waals surface area contributed by atoms with Gasteiger partial charge in [0.2, 0.25) is 0 Å². The van der Waals surface area contributed by atoms with Crippen LogP contribution in [0.4, 0.5) is 4.39 Å². The summed E-state index contributed by atoms with van der Waals surface area (Å²) in [6.45, 7) is 0.216. The molecule has 0 amide bonds. The molecule has 0 bridgehead atoms. The van der Waals surface area contributed by atoms with Gasteiger partial charge in [-0.05, 0) is 7.05 Å². The molecule has 1 aliphatic heterocycles. The standard InChI is InChI=1S/C7H12FNO3/c1-9(2-7(10)11)6-4-12-3-5(6)8/h5-6H,2-4H2,1H3,(H,10,11)/t5-,6-/m1/s1. The second-order valence-electron chi connectivity index (χ2n) is 2.93. The van der Waals surface area contributed by atoms with E-state index in [0.717, 1.165) is 0 Å². The highest BCUT2D eigenvalue weighted by atomic mass is 19.1. The predicted octanol–water partition coefficient (Wildman–Crippen LogP) is -0.260. The molecule has 4 nitrogen and oxygen atoms in total. The van der Waals surface area contributed by atoms with Gasteiger partial charge in [-0.3, -0.25) is 9.69 Å². The molecule has 1 saturated heterocycles. The van der Waals surface area contributed by atoms with Crippen LogP contribution in [0.15, 0.2) is 0 Å². The Morgan fingerprint density at radius 1 is 1.75 bits per heavy atom. The van der Waals surface area contributed by atoms with Gasteiger partial charge in [0.15, 0.2) is 0 Å². The minimum absolute atomic E-state index is 0.0780. The SMILES string of the molecule is CN(CC(=O)O)[C@@H]1COC[C@H]1F. The summed E-state index contributed by atoms with van der Waals surface area (Å²) >= 11 is 0. The van der Waals surface area contributed by atoms with E-state index in [1.807, 2.05) is 0 Å². The maximum absolute atomic E-state index is 12.9. The fraction of sp³-hybridized carbons (Fsp3) is 0.857. The van der Waals surface area contributed by atoms with Crippen molar-refractivity contribution in [3.8, 4) is 0 Å². The Kier molecular flexibility index (Phi) is 2.99. The highest BCUT2D eigenvalue weighted by Gasteiger charge is 2.31. The quantitative estimate of drug-likeness (QED) is 0.645. The summed E-state index contributed by atoms with van der Waals surface area (Å²) in [5.41, 5.74) is 0. The van der Waals surface area contributed by atoms with Crippen molar-refractivity contribution in [3.63, 3.8) is 0 Å². The smallest absolute Gasteiger partial charge is 0.317 e. The number of alkyl halides is 1. The Labute approximate surface area is 69.9 Å².